The number of hydrogen-bond acceptors (Lipinski definition) is 3. The number of hydrogen-bond donors (Lipinski definition) is 1. The standard InChI is InChI=1S/C15H23FO3/c1-6-19-14(15(2,3)4)13(17)10-7-8-12(18-5)11(16)9-10/h7-9,13-14,17H,6H2,1-5H3. The first kappa shape index (κ1) is 15.9. The van der Waals surface area contributed by atoms with Gasteiger partial charge >= 0.3 is 0 Å². The molecule has 1 rings (SSSR count). The van der Waals surface area contributed by atoms with Crippen molar-refractivity contribution in [3.8, 4) is 5.75 Å². The fourth-order valence-corrected chi connectivity index (χ4v) is 2.04. The molecule has 0 saturated heterocycles. The van der Waals surface area contributed by atoms with Crippen LogP contribution >= 0.6 is 0 Å². The van der Waals surface area contributed by atoms with Crippen molar-refractivity contribution in [1.29, 1.82) is 0 Å². The van der Waals surface area contributed by atoms with Gasteiger partial charge in [-0.3, -0.25) is 0 Å². The molecular weight excluding hydrogens is 247 g/mol. The van der Waals surface area contributed by atoms with Crippen molar-refractivity contribution >= 4 is 0 Å². The summed E-state index contributed by atoms with van der Waals surface area (Å²) < 4.78 is 24.2. The summed E-state index contributed by atoms with van der Waals surface area (Å²) in [6.45, 7) is 8.32. The fourth-order valence-electron chi connectivity index (χ4n) is 2.04. The van der Waals surface area contributed by atoms with Crippen LogP contribution in [-0.4, -0.2) is 24.9 Å². The second-order valence-electron chi connectivity index (χ2n) is 5.58. The molecule has 0 radical (unpaired) electrons. The van der Waals surface area contributed by atoms with Gasteiger partial charge in [0.2, 0.25) is 0 Å². The molecule has 0 amide bonds. The molecule has 0 spiro atoms. The van der Waals surface area contributed by atoms with E-state index >= 15 is 0 Å². The van der Waals surface area contributed by atoms with Crippen LogP contribution in [0.5, 0.6) is 5.75 Å². The summed E-state index contributed by atoms with van der Waals surface area (Å²) in [4.78, 5) is 0. The van der Waals surface area contributed by atoms with Crippen LogP contribution in [0.4, 0.5) is 4.39 Å². The minimum atomic E-state index is -0.875. The van der Waals surface area contributed by atoms with Gasteiger partial charge in [-0.05, 0) is 30.0 Å². The molecule has 108 valence electrons. The Kier molecular flexibility index (Phi) is 5.32. The highest BCUT2D eigenvalue weighted by atomic mass is 19.1. The highest BCUT2D eigenvalue weighted by molar-refractivity contribution is 5.31. The Bertz CT molecular complexity index is 412. The Morgan fingerprint density at radius 1 is 1.32 bits per heavy atom. The Hall–Kier alpha value is -1.13. The summed E-state index contributed by atoms with van der Waals surface area (Å²) in [6, 6.07) is 4.46. The van der Waals surface area contributed by atoms with Crippen molar-refractivity contribution in [2.75, 3.05) is 13.7 Å². The van der Waals surface area contributed by atoms with Crippen molar-refractivity contribution in [1.82, 2.24) is 0 Å². The van der Waals surface area contributed by atoms with Crippen LogP contribution in [0.1, 0.15) is 39.4 Å². The van der Waals surface area contributed by atoms with Gasteiger partial charge in [-0.1, -0.05) is 26.8 Å². The van der Waals surface area contributed by atoms with Gasteiger partial charge in [0.1, 0.15) is 6.10 Å². The Morgan fingerprint density at radius 2 is 1.95 bits per heavy atom. The average Bonchev–Trinajstić information content (AvgIpc) is 2.33. The lowest BCUT2D eigenvalue weighted by Gasteiger charge is -2.34. The van der Waals surface area contributed by atoms with E-state index in [9.17, 15) is 9.50 Å². The maximum atomic E-state index is 13.7. The molecule has 3 nitrogen and oxygen atoms in total. The maximum Gasteiger partial charge on any atom is 0.165 e. The molecule has 0 aromatic heterocycles. The zero-order valence-electron chi connectivity index (χ0n) is 12.2. The van der Waals surface area contributed by atoms with Gasteiger partial charge in [0, 0.05) is 6.61 Å². The van der Waals surface area contributed by atoms with Gasteiger partial charge in [0.15, 0.2) is 11.6 Å². The van der Waals surface area contributed by atoms with E-state index in [1.165, 1.54) is 19.2 Å². The van der Waals surface area contributed by atoms with E-state index in [4.69, 9.17) is 9.47 Å². The van der Waals surface area contributed by atoms with Gasteiger partial charge in [-0.2, -0.15) is 0 Å². The van der Waals surface area contributed by atoms with Gasteiger partial charge in [-0.15, -0.1) is 0 Å². The maximum absolute atomic E-state index is 13.7. The van der Waals surface area contributed by atoms with Crippen LogP contribution in [0.15, 0.2) is 18.2 Å². The minimum Gasteiger partial charge on any atom is -0.494 e. The number of methoxy groups -OCH3 is 1. The lowest BCUT2D eigenvalue weighted by Crippen LogP contribution is -2.35. The van der Waals surface area contributed by atoms with E-state index in [0.29, 0.717) is 12.2 Å². The lowest BCUT2D eigenvalue weighted by molar-refractivity contribution is -0.0899. The van der Waals surface area contributed by atoms with Crippen LogP contribution in [0, 0.1) is 11.2 Å². The fraction of sp³-hybridized carbons (Fsp3) is 0.600. The first-order valence-electron chi connectivity index (χ1n) is 6.44. The molecule has 2 unspecified atom stereocenters. The van der Waals surface area contributed by atoms with Gasteiger partial charge < -0.3 is 14.6 Å². The first-order chi connectivity index (χ1) is 8.81. The average molecular weight is 270 g/mol. The van der Waals surface area contributed by atoms with Crippen molar-refractivity contribution < 1.29 is 19.0 Å². The van der Waals surface area contributed by atoms with Crippen molar-refractivity contribution in [3.63, 3.8) is 0 Å². The predicted molar refractivity (Wildman–Crippen MR) is 72.8 cm³/mol. The number of aliphatic hydroxyl groups is 1. The number of rotatable bonds is 5. The molecule has 1 N–H and O–H groups in total. The topological polar surface area (TPSA) is 38.7 Å². The van der Waals surface area contributed by atoms with Gasteiger partial charge in [0.05, 0.1) is 13.2 Å². The first-order valence-corrected chi connectivity index (χ1v) is 6.44. The van der Waals surface area contributed by atoms with Crippen LogP contribution in [0.25, 0.3) is 0 Å². The van der Waals surface area contributed by atoms with Gasteiger partial charge in [-0.25, -0.2) is 4.39 Å². The zero-order chi connectivity index (χ0) is 14.6. The molecule has 0 aliphatic heterocycles. The molecule has 4 heteroatoms. The van der Waals surface area contributed by atoms with E-state index in [1.54, 1.807) is 6.07 Å². The van der Waals surface area contributed by atoms with E-state index in [-0.39, 0.29) is 11.2 Å². The number of aliphatic hydroxyl groups excluding tert-OH is 1. The number of halogens is 1. The molecule has 2 atom stereocenters. The molecule has 1 aromatic rings. The van der Waals surface area contributed by atoms with Crippen LogP contribution in [-0.2, 0) is 4.74 Å². The highest BCUT2D eigenvalue weighted by Crippen LogP contribution is 2.34. The Balaban J connectivity index is 3.03. The number of benzene rings is 1. The van der Waals surface area contributed by atoms with Gasteiger partial charge in [0.25, 0.3) is 0 Å². The molecule has 0 saturated carbocycles. The van der Waals surface area contributed by atoms with Crippen molar-refractivity contribution in [2.45, 2.75) is 39.9 Å². The SMILES string of the molecule is CCOC(C(O)c1ccc(OC)c(F)c1)C(C)(C)C. The summed E-state index contributed by atoms with van der Waals surface area (Å²) in [5.74, 6) is -0.317. The summed E-state index contributed by atoms with van der Waals surface area (Å²) in [5, 5.41) is 10.4. The minimum absolute atomic E-state index is 0.166. The van der Waals surface area contributed by atoms with E-state index < -0.39 is 18.0 Å². The third-order valence-corrected chi connectivity index (χ3v) is 3.00. The number of ether oxygens (including phenoxy) is 2. The van der Waals surface area contributed by atoms with Crippen LogP contribution < -0.4 is 4.74 Å². The highest BCUT2D eigenvalue weighted by Gasteiger charge is 2.33. The third-order valence-electron chi connectivity index (χ3n) is 3.00. The van der Waals surface area contributed by atoms with Crippen LogP contribution in [0.2, 0.25) is 0 Å². The zero-order valence-corrected chi connectivity index (χ0v) is 12.2. The molecule has 0 aliphatic rings. The molecule has 0 aliphatic carbocycles. The molecule has 1 aromatic carbocycles. The second kappa shape index (κ2) is 6.35. The second-order valence-corrected chi connectivity index (χ2v) is 5.58. The van der Waals surface area contributed by atoms with Crippen molar-refractivity contribution in [3.05, 3.63) is 29.6 Å². The Labute approximate surface area is 114 Å². The Morgan fingerprint density at radius 3 is 2.37 bits per heavy atom. The largest absolute Gasteiger partial charge is 0.494 e. The summed E-state index contributed by atoms with van der Waals surface area (Å²) >= 11 is 0. The van der Waals surface area contributed by atoms with Crippen LogP contribution in [0.3, 0.4) is 0 Å². The van der Waals surface area contributed by atoms with E-state index in [1.807, 2.05) is 27.7 Å². The molecular formula is C15H23FO3. The predicted octanol–water partition coefficient (Wildman–Crippen LogP) is 3.32. The lowest BCUT2D eigenvalue weighted by atomic mass is 9.83. The molecule has 0 fully saturated rings. The quantitative estimate of drug-likeness (QED) is 0.892. The molecule has 0 heterocycles. The van der Waals surface area contributed by atoms with E-state index in [0.717, 1.165) is 0 Å². The summed E-state index contributed by atoms with van der Waals surface area (Å²) in [6.07, 6.45) is -1.27. The van der Waals surface area contributed by atoms with Crippen molar-refractivity contribution in [2.24, 2.45) is 5.41 Å². The summed E-state index contributed by atoms with van der Waals surface area (Å²) in [7, 11) is 1.41. The smallest absolute Gasteiger partial charge is 0.165 e. The molecule has 19 heavy (non-hydrogen) atoms. The summed E-state index contributed by atoms with van der Waals surface area (Å²) in [5.41, 5.74) is 0.248. The normalized spacial score (nSPS) is 15.1. The monoisotopic (exact) mass is 270 g/mol. The third kappa shape index (κ3) is 3.91. The van der Waals surface area contributed by atoms with E-state index in [2.05, 4.69) is 0 Å². The molecule has 0 bridgehead atoms.